The van der Waals surface area contributed by atoms with Crippen LogP contribution in [0.4, 0.5) is 0 Å². The van der Waals surface area contributed by atoms with Crippen molar-refractivity contribution in [1.29, 1.82) is 0 Å². The van der Waals surface area contributed by atoms with Gasteiger partial charge in [-0.3, -0.25) is 9.59 Å². The Labute approximate surface area is 216 Å². The van der Waals surface area contributed by atoms with E-state index in [-0.39, 0.29) is 12.1 Å². The first-order valence-electron chi connectivity index (χ1n) is 12.5. The summed E-state index contributed by atoms with van der Waals surface area (Å²) in [5.41, 5.74) is 2.60. The molecule has 0 bridgehead atoms. The van der Waals surface area contributed by atoms with Gasteiger partial charge in [-0.05, 0) is 48.1 Å². The van der Waals surface area contributed by atoms with E-state index in [2.05, 4.69) is 5.32 Å². The van der Waals surface area contributed by atoms with Crippen molar-refractivity contribution >= 4 is 11.8 Å². The molecule has 1 aliphatic heterocycles. The van der Waals surface area contributed by atoms with Crippen LogP contribution < -0.4 is 14.8 Å². The number of hydrogen-bond acceptors (Lipinski definition) is 5. The average molecular weight is 499 g/mol. The fraction of sp³-hybridized carbons (Fsp3) is 0.267. The molecule has 5 rings (SSSR count). The van der Waals surface area contributed by atoms with Gasteiger partial charge in [0.15, 0.2) is 5.76 Å². The molecule has 37 heavy (non-hydrogen) atoms. The molecular weight excluding hydrogens is 468 g/mol. The Hall–Kier alpha value is -4.26. The van der Waals surface area contributed by atoms with Gasteiger partial charge >= 0.3 is 0 Å². The van der Waals surface area contributed by atoms with Gasteiger partial charge in [0.1, 0.15) is 18.1 Å². The van der Waals surface area contributed by atoms with Crippen molar-refractivity contribution in [1.82, 2.24) is 10.2 Å². The Morgan fingerprint density at radius 2 is 1.68 bits per heavy atom. The smallest absolute Gasteiger partial charge is 0.290 e. The first-order chi connectivity index (χ1) is 18.0. The summed E-state index contributed by atoms with van der Waals surface area (Å²) in [7, 11) is 1.60. The van der Waals surface area contributed by atoms with Crippen LogP contribution in [0.15, 0.2) is 90.2 Å². The molecule has 3 aromatic rings. The van der Waals surface area contributed by atoms with E-state index in [1.807, 2.05) is 78.9 Å². The molecule has 7 nitrogen and oxygen atoms in total. The maximum atomic E-state index is 13.4. The van der Waals surface area contributed by atoms with E-state index in [0.29, 0.717) is 30.4 Å². The van der Waals surface area contributed by atoms with Gasteiger partial charge in [0.2, 0.25) is 0 Å². The Kier molecular flexibility index (Phi) is 7.12. The van der Waals surface area contributed by atoms with Gasteiger partial charge in [-0.1, -0.05) is 60.7 Å². The topological polar surface area (TPSA) is 88.1 Å². The van der Waals surface area contributed by atoms with Crippen LogP contribution in [0, 0.1) is 5.92 Å². The highest BCUT2D eigenvalue weighted by molar-refractivity contribution is 6.08. The summed E-state index contributed by atoms with van der Waals surface area (Å²) >= 11 is 0. The largest absolute Gasteiger partial charge is 0.503 e. The number of carbonyl (C=O) groups is 2. The van der Waals surface area contributed by atoms with E-state index in [0.717, 1.165) is 29.7 Å². The molecule has 1 atom stereocenters. The number of aliphatic hydroxyl groups excluding tert-OH is 1. The predicted octanol–water partition coefficient (Wildman–Crippen LogP) is 4.70. The van der Waals surface area contributed by atoms with Gasteiger partial charge in [0.05, 0.1) is 18.7 Å². The second kappa shape index (κ2) is 10.8. The Morgan fingerprint density at radius 1 is 0.973 bits per heavy atom. The van der Waals surface area contributed by atoms with Crippen LogP contribution in [0.1, 0.15) is 35.6 Å². The molecule has 3 aromatic carbocycles. The maximum Gasteiger partial charge on any atom is 0.290 e. The third kappa shape index (κ3) is 5.45. The van der Waals surface area contributed by atoms with Gasteiger partial charge in [-0.15, -0.1) is 0 Å². The first-order valence-corrected chi connectivity index (χ1v) is 12.5. The Bertz CT molecular complexity index is 1300. The van der Waals surface area contributed by atoms with Crippen molar-refractivity contribution < 1.29 is 24.2 Å². The predicted molar refractivity (Wildman–Crippen MR) is 139 cm³/mol. The molecule has 1 heterocycles. The fourth-order valence-electron chi connectivity index (χ4n) is 4.57. The minimum atomic E-state index is -0.740. The lowest BCUT2D eigenvalue weighted by Gasteiger charge is -2.28. The van der Waals surface area contributed by atoms with Crippen molar-refractivity contribution in [3.05, 3.63) is 107 Å². The zero-order valence-corrected chi connectivity index (χ0v) is 20.7. The van der Waals surface area contributed by atoms with Crippen LogP contribution in [0.25, 0.3) is 0 Å². The maximum absolute atomic E-state index is 13.4. The number of benzene rings is 3. The number of rotatable bonds is 10. The molecule has 2 aliphatic rings. The highest BCUT2D eigenvalue weighted by Gasteiger charge is 2.46. The molecule has 1 saturated carbocycles. The number of nitrogens with zero attached hydrogens (tertiary/aromatic N) is 1. The fourth-order valence-corrected chi connectivity index (χ4v) is 4.57. The number of carbonyl (C=O) groups excluding carboxylic acids is 2. The van der Waals surface area contributed by atoms with Crippen molar-refractivity contribution in [3.63, 3.8) is 0 Å². The summed E-state index contributed by atoms with van der Waals surface area (Å²) in [5.74, 6) is 0.154. The van der Waals surface area contributed by atoms with Crippen LogP contribution in [-0.2, 0) is 22.7 Å². The van der Waals surface area contributed by atoms with Crippen LogP contribution in [0.3, 0.4) is 0 Å². The lowest BCUT2D eigenvalue weighted by atomic mass is 9.97. The molecule has 1 fully saturated rings. The van der Waals surface area contributed by atoms with Gasteiger partial charge in [0.25, 0.3) is 11.8 Å². The zero-order chi connectivity index (χ0) is 25.8. The van der Waals surface area contributed by atoms with Crippen LogP contribution in [0.2, 0.25) is 0 Å². The molecule has 0 aromatic heterocycles. The SMILES string of the molecule is COc1ccc(CNC(=O)C2=C(O)C(=O)N(CC3CC3)C2c2ccccc2OCc2ccccc2)cc1. The van der Waals surface area contributed by atoms with Crippen LogP contribution >= 0.6 is 0 Å². The minimum Gasteiger partial charge on any atom is -0.503 e. The molecule has 0 saturated heterocycles. The highest BCUT2D eigenvalue weighted by atomic mass is 16.5. The summed E-state index contributed by atoms with van der Waals surface area (Å²) in [6.45, 7) is 1.07. The summed E-state index contributed by atoms with van der Waals surface area (Å²) in [6, 6.07) is 23.8. The number of ether oxygens (including phenoxy) is 2. The molecule has 7 heteroatoms. The molecule has 1 unspecified atom stereocenters. The molecule has 0 spiro atoms. The molecule has 190 valence electrons. The molecule has 1 aliphatic carbocycles. The van der Waals surface area contributed by atoms with Crippen molar-refractivity contribution in [2.24, 2.45) is 5.92 Å². The highest BCUT2D eigenvalue weighted by Crippen LogP contribution is 2.43. The van der Waals surface area contributed by atoms with E-state index in [1.54, 1.807) is 12.0 Å². The minimum absolute atomic E-state index is 0.0509. The zero-order valence-electron chi connectivity index (χ0n) is 20.7. The number of aliphatic hydroxyl groups is 1. The van der Waals surface area contributed by atoms with Crippen molar-refractivity contribution in [3.8, 4) is 11.5 Å². The lowest BCUT2D eigenvalue weighted by molar-refractivity contribution is -0.129. The van der Waals surface area contributed by atoms with E-state index in [9.17, 15) is 14.7 Å². The second-order valence-electron chi connectivity index (χ2n) is 9.41. The molecule has 2 amide bonds. The third-order valence-electron chi connectivity index (χ3n) is 6.76. The van der Waals surface area contributed by atoms with Gasteiger partial charge in [0, 0.05) is 18.7 Å². The number of amides is 2. The van der Waals surface area contributed by atoms with E-state index < -0.39 is 23.6 Å². The third-order valence-corrected chi connectivity index (χ3v) is 6.76. The standard InChI is InChI=1S/C30H30N2O5/c1-36-23-15-13-20(14-16-23)17-31-29(34)26-27(32(18-21-11-12-21)30(35)28(26)33)24-9-5-6-10-25(24)37-19-22-7-3-2-4-8-22/h2-10,13-16,21,27,33H,11-12,17-19H2,1H3,(H,31,34). The van der Waals surface area contributed by atoms with Crippen molar-refractivity contribution in [2.45, 2.75) is 32.0 Å². The number of hydrogen-bond donors (Lipinski definition) is 2. The second-order valence-corrected chi connectivity index (χ2v) is 9.41. The molecule has 2 N–H and O–H groups in total. The number of nitrogens with one attached hydrogen (secondary N) is 1. The van der Waals surface area contributed by atoms with Gasteiger partial charge < -0.3 is 24.8 Å². The molecule has 0 radical (unpaired) electrons. The Balaban J connectivity index is 1.42. The Morgan fingerprint density at radius 3 is 2.38 bits per heavy atom. The van der Waals surface area contributed by atoms with Gasteiger partial charge in [-0.25, -0.2) is 0 Å². The summed E-state index contributed by atoms with van der Waals surface area (Å²) in [5, 5.41) is 13.8. The van der Waals surface area contributed by atoms with E-state index in [4.69, 9.17) is 9.47 Å². The van der Waals surface area contributed by atoms with Crippen molar-refractivity contribution in [2.75, 3.05) is 13.7 Å². The summed E-state index contributed by atoms with van der Waals surface area (Å²) < 4.78 is 11.4. The summed E-state index contributed by atoms with van der Waals surface area (Å²) in [4.78, 5) is 28.2. The lowest BCUT2D eigenvalue weighted by Crippen LogP contribution is -2.35. The van der Waals surface area contributed by atoms with E-state index in [1.165, 1.54) is 0 Å². The van der Waals surface area contributed by atoms with Gasteiger partial charge in [-0.2, -0.15) is 0 Å². The average Bonchev–Trinajstić information content (AvgIpc) is 3.73. The molecular formula is C30H30N2O5. The number of methoxy groups -OCH3 is 1. The number of para-hydroxylation sites is 1. The monoisotopic (exact) mass is 498 g/mol. The quantitative estimate of drug-likeness (QED) is 0.423. The van der Waals surface area contributed by atoms with E-state index >= 15 is 0 Å². The van der Waals surface area contributed by atoms with Crippen LogP contribution in [-0.4, -0.2) is 35.5 Å². The first kappa shape index (κ1) is 24.4. The normalized spacial score (nSPS) is 17.2. The van der Waals surface area contributed by atoms with Crippen LogP contribution in [0.5, 0.6) is 11.5 Å². The summed E-state index contributed by atoms with van der Waals surface area (Å²) in [6.07, 6.45) is 2.06.